The van der Waals surface area contributed by atoms with Gasteiger partial charge in [0.15, 0.2) is 0 Å². The Labute approximate surface area is 126 Å². The predicted molar refractivity (Wildman–Crippen MR) is 83.1 cm³/mol. The highest BCUT2D eigenvalue weighted by Crippen LogP contribution is 2.32. The van der Waals surface area contributed by atoms with Gasteiger partial charge in [0, 0.05) is 19.7 Å². The van der Waals surface area contributed by atoms with Crippen LogP contribution in [-0.2, 0) is 11.3 Å². The zero-order chi connectivity index (χ0) is 14.8. The third kappa shape index (κ3) is 2.86. The van der Waals surface area contributed by atoms with Crippen LogP contribution in [0.5, 0.6) is 0 Å². The normalized spacial score (nSPS) is 23.4. The highest BCUT2D eigenvalue weighted by atomic mass is 16.5. The summed E-state index contributed by atoms with van der Waals surface area (Å²) in [4.78, 5) is 2.34. The molecular formula is C16H24N4O. The largest absolute Gasteiger partial charge is 0.396 e. The fraction of sp³-hybridized carbons (Fsp3) is 0.688. The van der Waals surface area contributed by atoms with Crippen LogP contribution in [0.3, 0.4) is 0 Å². The number of nitrogens with zero attached hydrogens (tertiary/aromatic N) is 3. The smallest absolute Gasteiger partial charge is 0.133 e. The Morgan fingerprint density at radius 2 is 2.14 bits per heavy atom. The van der Waals surface area contributed by atoms with Gasteiger partial charge in [-0.3, -0.25) is 0 Å². The predicted octanol–water partition coefficient (Wildman–Crippen LogP) is 2.36. The second-order valence-corrected chi connectivity index (χ2v) is 6.34. The first-order chi connectivity index (χ1) is 10.2. The molecule has 3 heterocycles. The van der Waals surface area contributed by atoms with E-state index in [0.29, 0.717) is 5.69 Å². The van der Waals surface area contributed by atoms with Crippen molar-refractivity contribution in [3.63, 3.8) is 0 Å². The van der Waals surface area contributed by atoms with Crippen molar-refractivity contribution < 1.29 is 4.74 Å². The van der Waals surface area contributed by atoms with E-state index in [9.17, 15) is 5.26 Å². The first kappa shape index (κ1) is 14.3. The lowest BCUT2D eigenvalue weighted by Gasteiger charge is -2.33. The summed E-state index contributed by atoms with van der Waals surface area (Å²) >= 11 is 0. The Morgan fingerprint density at radius 1 is 1.38 bits per heavy atom. The number of rotatable bonds is 3. The number of nitrogens with two attached hydrogens (primary N) is 1. The van der Waals surface area contributed by atoms with E-state index in [1.54, 1.807) is 0 Å². The molecule has 0 radical (unpaired) electrons. The Hall–Kier alpha value is -1.67. The number of hydrogen-bond donors (Lipinski definition) is 1. The highest BCUT2D eigenvalue weighted by Gasteiger charge is 2.25. The summed E-state index contributed by atoms with van der Waals surface area (Å²) in [5.74, 6) is 1.80. The molecule has 2 N–H and O–H groups in total. The number of ether oxygens (including phenoxy) is 1. The zero-order valence-corrected chi connectivity index (χ0v) is 12.7. The Bertz CT molecular complexity index is 531. The molecule has 0 unspecified atom stereocenters. The number of anilines is 2. The van der Waals surface area contributed by atoms with E-state index < -0.39 is 0 Å². The molecule has 2 fully saturated rings. The molecule has 2 saturated heterocycles. The minimum atomic E-state index is 0.214. The van der Waals surface area contributed by atoms with Crippen LogP contribution in [0.15, 0.2) is 6.07 Å². The first-order valence-corrected chi connectivity index (χ1v) is 7.94. The molecule has 0 bridgehead atoms. The summed E-state index contributed by atoms with van der Waals surface area (Å²) in [5.41, 5.74) is 7.57. The maximum atomic E-state index is 9.38. The van der Waals surface area contributed by atoms with Crippen LogP contribution in [0, 0.1) is 17.2 Å². The number of piperidine rings is 1. The van der Waals surface area contributed by atoms with Crippen LogP contribution in [-0.4, -0.2) is 30.4 Å². The molecule has 0 aromatic carbocycles. The van der Waals surface area contributed by atoms with Crippen LogP contribution in [0.25, 0.3) is 0 Å². The van der Waals surface area contributed by atoms with E-state index in [1.807, 2.05) is 6.07 Å². The molecule has 21 heavy (non-hydrogen) atoms. The highest BCUT2D eigenvalue weighted by molar-refractivity contribution is 5.68. The molecule has 0 saturated carbocycles. The molecule has 1 aromatic rings. The van der Waals surface area contributed by atoms with E-state index in [2.05, 4.69) is 22.5 Å². The van der Waals surface area contributed by atoms with Crippen molar-refractivity contribution in [3.05, 3.63) is 11.8 Å². The Kier molecular flexibility index (Phi) is 4.07. The van der Waals surface area contributed by atoms with E-state index >= 15 is 0 Å². The first-order valence-electron chi connectivity index (χ1n) is 7.94. The number of nitrogen functional groups attached to an aromatic ring is 1. The second kappa shape index (κ2) is 5.98. The Balaban J connectivity index is 1.87. The topological polar surface area (TPSA) is 67.2 Å². The van der Waals surface area contributed by atoms with Crippen LogP contribution < -0.4 is 10.6 Å². The SMILES string of the molecule is CC1CCN(c2c(N)cc(C#N)n2C[C@@H]2CCCO2)CC1. The molecule has 5 nitrogen and oxygen atoms in total. The fourth-order valence-electron chi connectivity index (χ4n) is 3.40. The fourth-order valence-corrected chi connectivity index (χ4v) is 3.40. The van der Waals surface area contributed by atoms with Gasteiger partial charge >= 0.3 is 0 Å². The van der Waals surface area contributed by atoms with Gasteiger partial charge in [0.05, 0.1) is 18.3 Å². The lowest BCUT2D eigenvalue weighted by molar-refractivity contribution is 0.0971. The van der Waals surface area contributed by atoms with Crippen molar-refractivity contribution in [1.82, 2.24) is 4.57 Å². The van der Waals surface area contributed by atoms with Gasteiger partial charge in [-0.25, -0.2) is 0 Å². The van der Waals surface area contributed by atoms with E-state index in [-0.39, 0.29) is 6.10 Å². The number of aromatic nitrogens is 1. The van der Waals surface area contributed by atoms with Gasteiger partial charge in [0.1, 0.15) is 17.6 Å². The average Bonchev–Trinajstić information content (AvgIpc) is 3.09. The van der Waals surface area contributed by atoms with Gasteiger partial charge in [0.2, 0.25) is 0 Å². The standard InChI is InChI=1S/C16H24N4O/c1-12-4-6-19(7-5-12)16-15(18)9-13(10-17)20(16)11-14-3-2-8-21-14/h9,12,14H,2-8,11,18H2,1H3/t14-/m0/s1. The average molecular weight is 288 g/mol. The molecule has 2 aliphatic rings. The van der Waals surface area contributed by atoms with Crippen molar-refractivity contribution >= 4 is 11.5 Å². The van der Waals surface area contributed by atoms with Gasteiger partial charge in [-0.2, -0.15) is 5.26 Å². The minimum Gasteiger partial charge on any atom is -0.396 e. The van der Waals surface area contributed by atoms with Gasteiger partial charge in [-0.1, -0.05) is 6.92 Å². The monoisotopic (exact) mass is 288 g/mol. The van der Waals surface area contributed by atoms with Gasteiger partial charge < -0.3 is 19.9 Å². The van der Waals surface area contributed by atoms with Crippen molar-refractivity contribution in [2.24, 2.45) is 5.92 Å². The summed E-state index contributed by atoms with van der Waals surface area (Å²) in [6, 6.07) is 4.09. The van der Waals surface area contributed by atoms with Crippen molar-refractivity contribution in [1.29, 1.82) is 5.26 Å². The lowest BCUT2D eigenvalue weighted by atomic mass is 9.99. The molecule has 3 rings (SSSR count). The van der Waals surface area contributed by atoms with E-state index in [0.717, 1.165) is 56.5 Å². The minimum absolute atomic E-state index is 0.214. The molecular weight excluding hydrogens is 264 g/mol. The molecule has 1 aromatic heterocycles. The van der Waals surface area contributed by atoms with Crippen LogP contribution in [0.1, 0.15) is 38.3 Å². The zero-order valence-electron chi connectivity index (χ0n) is 12.7. The van der Waals surface area contributed by atoms with E-state index in [1.165, 1.54) is 12.8 Å². The van der Waals surface area contributed by atoms with Gasteiger partial charge in [0.25, 0.3) is 0 Å². The molecule has 114 valence electrons. The molecule has 2 aliphatic heterocycles. The maximum Gasteiger partial charge on any atom is 0.133 e. The summed E-state index contributed by atoms with van der Waals surface area (Å²) in [6.07, 6.45) is 4.77. The molecule has 5 heteroatoms. The van der Waals surface area contributed by atoms with Crippen LogP contribution >= 0.6 is 0 Å². The van der Waals surface area contributed by atoms with Crippen LogP contribution in [0.2, 0.25) is 0 Å². The van der Waals surface area contributed by atoms with E-state index in [4.69, 9.17) is 10.5 Å². The number of hydrogen-bond acceptors (Lipinski definition) is 4. The summed E-state index contributed by atoms with van der Waals surface area (Å²) < 4.78 is 7.81. The van der Waals surface area contributed by atoms with Gasteiger partial charge in [-0.15, -0.1) is 0 Å². The van der Waals surface area contributed by atoms with Crippen LogP contribution in [0.4, 0.5) is 11.5 Å². The molecule has 0 spiro atoms. The third-order valence-corrected chi connectivity index (χ3v) is 4.70. The van der Waals surface area contributed by atoms with Crippen molar-refractivity contribution in [2.75, 3.05) is 30.3 Å². The lowest BCUT2D eigenvalue weighted by Crippen LogP contribution is -2.35. The summed E-state index contributed by atoms with van der Waals surface area (Å²) in [6.45, 7) is 5.91. The summed E-state index contributed by atoms with van der Waals surface area (Å²) in [7, 11) is 0. The molecule has 0 aliphatic carbocycles. The summed E-state index contributed by atoms with van der Waals surface area (Å²) in [5, 5.41) is 9.38. The van der Waals surface area contributed by atoms with Gasteiger partial charge in [-0.05, 0) is 37.7 Å². The van der Waals surface area contributed by atoms with Crippen molar-refractivity contribution in [3.8, 4) is 6.07 Å². The maximum absolute atomic E-state index is 9.38. The second-order valence-electron chi connectivity index (χ2n) is 6.34. The Morgan fingerprint density at radius 3 is 2.76 bits per heavy atom. The van der Waals surface area contributed by atoms with Crippen molar-refractivity contribution in [2.45, 2.75) is 45.3 Å². The third-order valence-electron chi connectivity index (χ3n) is 4.70. The molecule has 1 atom stereocenters. The molecule has 0 amide bonds. The quantitative estimate of drug-likeness (QED) is 0.927. The number of nitriles is 1.